The molecule has 0 saturated heterocycles. The van der Waals surface area contributed by atoms with Crippen molar-refractivity contribution in [2.75, 3.05) is 6.54 Å². The Morgan fingerprint density at radius 2 is 1.95 bits per heavy atom. The number of aliphatic hydroxyl groups is 1. The van der Waals surface area contributed by atoms with Crippen molar-refractivity contribution >= 4 is 10.0 Å². The minimum atomic E-state index is -4.63. The number of benzene rings is 1. The number of aliphatic hydroxyl groups excluding tert-OH is 1. The van der Waals surface area contributed by atoms with E-state index in [1.807, 2.05) is 0 Å². The van der Waals surface area contributed by atoms with Crippen LogP contribution in [0.25, 0.3) is 0 Å². The second kappa shape index (κ2) is 6.30. The molecule has 0 amide bonds. The highest BCUT2D eigenvalue weighted by Gasteiger charge is 2.34. The van der Waals surface area contributed by atoms with Gasteiger partial charge in [-0.2, -0.15) is 13.2 Å². The van der Waals surface area contributed by atoms with Gasteiger partial charge < -0.3 is 10.8 Å². The summed E-state index contributed by atoms with van der Waals surface area (Å²) in [5.74, 6) is 0. The molecule has 9 heteroatoms. The van der Waals surface area contributed by atoms with E-state index in [9.17, 15) is 26.7 Å². The van der Waals surface area contributed by atoms with E-state index in [2.05, 4.69) is 4.72 Å². The van der Waals surface area contributed by atoms with Crippen LogP contribution >= 0.6 is 0 Å². The van der Waals surface area contributed by atoms with Crippen LogP contribution in [0.2, 0.25) is 0 Å². The third kappa shape index (κ3) is 4.40. The molecule has 0 saturated carbocycles. The van der Waals surface area contributed by atoms with Crippen LogP contribution in [0.5, 0.6) is 0 Å². The molecular weight excluding hydrogens is 309 g/mol. The number of sulfonamides is 1. The maximum Gasteiger partial charge on any atom is 0.416 e. The SMILES string of the molecule is Cc1c(C(F)(F)F)cccc1S(=O)(=O)NCC(N)C(C)O. The lowest BCUT2D eigenvalue weighted by Gasteiger charge is -2.17. The lowest BCUT2D eigenvalue weighted by Crippen LogP contribution is -2.43. The van der Waals surface area contributed by atoms with Crippen LogP contribution in [0, 0.1) is 6.92 Å². The van der Waals surface area contributed by atoms with Crippen LogP contribution in [0.15, 0.2) is 23.1 Å². The van der Waals surface area contributed by atoms with Gasteiger partial charge in [0.1, 0.15) is 0 Å². The highest BCUT2D eigenvalue weighted by Crippen LogP contribution is 2.34. The van der Waals surface area contributed by atoms with Gasteiger partial charge in [0.15, 0.2) is 0 Å². The normalized spacial score (nSPS) is 15.8. The van der Waals surface area contributed by atoms with Crippen LogP contribution in [0.1, 0.15) is 18.1 Å². The van der Waals surface area contributed by atoms with Gasteiger partial charge in [-0.3, -0.25) is 0 Å². The molecule has 0 bridgehead atoms. The summed E-state index contributed by atoms with van der Waals surface area (Å²) in [5, 5.41) is 9.19. The quantitative estimate of drug-likeness (QED) is 0.753. The predicted octanol–water partition coefficient (Wildman–Crippen LogP) is 1.00. The van der Waals surface area contributed by atoms with Gasteiger partial charge in [-0.05, 0) is 31.5 Å². The first-order chi connectivity index (χ1) is 9.47. The number of hydrogen-bond acceptors (Lipinski definition) is 4. The van der Waals surface area contributed by atoms with Gasteiger partial charge in [0, 0.05) is 12.6 Å². The smallest absolute Gasteiger partial charge is 0.392 e. The van der Waals surface area contributed by atoms with Crippen molar-refractivity contribution < 1.29 is 26.7 Å². The summed E-state index contributed by atoms with van der Waals surface area (Å²) >= 11 is 0. The molecule has 0 spiro atoms. The first-order valence-electron chi connectivity index (χ1n) is 6.07. The monoisotopic (exact) mass is 326 g/mol. The molecule has 2 atom stereocenters. The Kier molecular flexibility index (Phi) is 5.37. The Balaban J connectivity index is 3.10. The zero-order valence-electron chi connectivity index (χ0n) is 11.5. The molecule has 1 aromatic rings. The summed E-state index contributed by atoms with van der Waals surface area (Å²) in [6.45, 7) is 2.19. The number of nitrogens with one attached hydrogen (secondary N) is 1. The van der Waals surface area contributed by atoms with Gasteiger partial charge in [0.05, 0.1) is 16.6 Å². The Morgan fingerprint density at radius 1 is 1.38 bits per heavy atom. The maximum absolute atomic E-state index is 12.8. The molecule has 0 aliphatic heterocycles. The Hall–Kier alpha value is -1.16. The maximum atomic E-state index is 12.8. The topological polar surface area (TPSA) is 92.4 Å². The van der Waals surface area contributed by atoms with Crippen LogP contribution in [-0.4, -0.2) is 32.2 Å². The summed E-state index contributed by atoms with van der Waals surface area (Å²) in [7, 11) is -4.14. The zero-order valence-corrected chi connectivity index (χ0v) is 12.3. The zero-order chi connectivity index (χ0) is 16.4. The van der Waals surface area contributed by atoms with Gasteiger partial charge in [0.25, 0.3) is 0 Å². The van der Waals surface area contributed by atoms with Crippen molar-refractivity contribution in [3.63, 3.8) is 0 Å². The molecule has 0 aliphatic rings. The van der Waals surface area contributed by atoms with E-state index in [0.717, 1.165) is 25.1 Å². The molecule has 0 aromatic heterocycles. The minimum absolute atomic E-state index is 0.282. The first-order valence-corrected chi connectivity index (χ1v) is 7.55. The third-order valence-electron chi connectivity index (χ3n) is 3.01. The van der Waals surface area contributed by atoms with Gasteiger partial charge in [-0.1, -0.05) is 6.07 Å². The highest BCUT2D eigenvalue weighted by molar-refractivity contribution is 7.89. The van der Waals surface area contributed by atoms with E-state index in [0.29, 0.717) is 0 Å². The van der Waals surface area contributed by atoms with Crippen LogP contribution in [-0.2, 0) is 16.2 Å². The second-order valence-electron chi connectivity index (χ2n) is 4.68. The number of halogens is 3. The van der Waals surface area contributed by atoms with Crippen molar-refractivity contribution in [1.82, 2.24) is 4.72 Å². The van der Waals surface area contributed by atoms with Crippen molar-refractivity contribution in [2.45, 2.75) is 37.1 Å². The molecule has 1 aromatic carbocycles. The molecular formula is C12H17F3N2O3S. The Labute approximate surface area is 121 Å². The lowest BCUT2D eigenvalue weighted by atomic mass is 10.1. The summed E-state index contributed by atoms with van der Waals surface area (Å²) in [5.41, 5.74) is 4.09. The fourth-order valence-corrected chi connectivity index (χ4v) is 3.01. The Morgan fingerprint density at radius 3 is 2.43 bits per heavy atom. The summed E-state index contributed by atoms with van der Waals surface area (Å²) < 4.78 is 64.5. The molecule has 5 nitrogen and oxygen atoms in total. The predicted molar refractivity (Wildman–Crippen MR) is 71.0 cm³/mol. The van der Waals surface area contributed by atoms with E-state index in [4.69, 9.17) is 5.73 Å². The molecule has 0 aliphatic carbocycles. The second-order valence-corrected chi connectivity index (χ2v) is 6.42. The van der Waals surface area contributed by atoms with Crippen molar-refractivity contribution in [1.29, 1.82) is 0 Å². The van der Waals surface area contributed by atoms with Crippen molar-refractivity contribution in [3.8, 4) is 0 Å². The largest absolute Gasteiger partial charge is 0.416 e. The van der Waals surface area contributed by atoms with Crippen molar-refractivity contribution in [2.24, 2.45) is 5.73 Å². The molecule has 0 heterocycles. The molecule has 0 fully saturated rings. The van der Waals surface area contributed by atoms with Crippen LogP contribution < -0.4 is 10.5 Å². The van der Waals surface area contributed by atoms with E-state index in [-0.39, 0.29) is 12.1 Å². The number of nitrogens with two attached hydrogens (primary N) is 1. The minimum Gasteiger partial charge on any atom is -0.392 e. The van der Waals surface area contributed by atoms with E-state index < -0.39 is 38.8 Å². The van der Waals surface area contributed by atoms with E-state index in [1.165, 1.54) is 6.92 Å². The summed E-state index contributed by atoms with van der Waals surface area (Å²) in [4.78, 5) is -0.463. The van der Waals surface area contributed by atoms with Gasteiger partial charge in [0.2, 0.25) is 10.0 Å². The molecule has 2 unspecified atom stereocenters. The standard InChI is InChI=1S/C12H17F3N2O3S/c1-7-9(12(13,14)15)4-3-5-11(7)21(19,20)17-6-10(16)8(2)18/h3-5,8,10,17-18H,6,16H2,1-2H3. The number of hydrogen-bond donors (Lipinski definition) is 3. The van der Waals surface area contributed by atoms with Gasteiger partial charge >= 0.3 is 6.18 Å². The molecule has 0 radical (unpaired) electrons. The summed E-state index contributed by atoms with van der Waals surface area (Å²) in [6.07, 6.45) is -5.58. The van der Waals surface area contributed by atoms with Gasteiger partial charge in [-0.25, -0.2) is 13.1 Å². The molecule has 1 rings (SSSR count). The number of alkyl halides is 3. The van der Waals surface area contributed by atoms with Crippen LogP contribution in [0.3, 0.4) is 0 Å². The Bertz CT molecular complexity index is 600. The fourth-order valence-electron chi connectivity index (χ4n) is 1.67. The lowest BCUT2D eigenvalue weighted by molar-refractivity contribution is -0.138. The van der Waals surface area contributed by atoms with E-state index in [1.54, 1.807) is 0 Å². The molecule has 4 N–H and O–H groups in total. The fraction of sp³-hybridized carbons (Fsp3) is 0.500. The van der Waals surface area contributed by atoms with Crippen molar-refractivity contribution in [3.05, 3.63) is 29.3 Å². The first kappa shape index (κ1) is 17.9. The van der Waals surface area contributed by atoms with Gasteiger partial charge in [-0.15, -0.1) is 0 Å². The molecule has 120 valence electrons. The average Bonchev–Trinajstić information content (AvgIpc) is 2.34. The molecule has 21 heavy (non-hydrogen) atoms. The van der Waals surface area contributed by atoms with E-state index >= 15 is 0 Å². The highest BCUT2D eigenvalue weighted by atomic mass is 32.2. The number of rotatable bonds is 5. The summed E-state index contributed by atoms with van der Waals surface area (Å²) in [6, 6.07) is 2.07. The average molecular weight is 326 g/mol. The third-order valence-corrected chi connectivity index (χ3v) is 4.58. The van der Waals surface area contributed by atoms with Crippen LogP contribution in [0.4, 0.5) is 13.2 Å².